The second-order valence-electron chi connectivity index (χ2n) is 7.96. The molecule has 0 aliphatic heterocycles. The summed E-state index contributed by atoms with van der Waals surface area (Å²) in [6.45, 7) is 9.81. The van der Waals surface area contributed by atoms with E-state index in [4.69, 9.17) is 9.47 Å². The highest BCUT2D eigenvalue weighted by Gasteiger charge is 2.09. The van der Waals surface area contributed by atoms with Crippen molar-refractivity contribution in [2.45, 2.75) is 27.2 Å². The van der Waals surface area contributed by atoms with Gasteiger partial charge >= 0.3 is 5.97 Å². The summed E-state index contributed by atoms with van der Waals surface area (Å²) in [6.07, 6.45) is 0.493. The second kappa shape index (κ2) is 10.8. The molecule has 4 heteroatoms. The van der Waals surface area contributed by atoms with Gasteiger partial charge in [0.15, 0.2) is 0 Å². The number of esters is 1. The third-order valence-corrected chi connectivity index (χ3v) is 5.28. The summed E-state index contributed by atoms with van der Waals surface area (Å²) in [7, 11) is 0. The van der Waals surface area contributed by atoms with Crippen LogP contribution in [0.25, 0.3) is 22.3 Å². The molecule has 3 aromatic carbocycles. The summed E-state index contributed by atoms with van der Waals surface area (Å²) in [6, 6.07) is 20.9. The summed E-state index contributed by atoms with van der Waals surface area (Å²) >= 11 is 0. The lowest BCUT2D eigenvalue weighted by Gasteiger charge is -2.14. The third kappa shape index (κ3) is 5.86. The lowest BCUT2D eigenvalue weighted by atomic mass is 9.96. The Morgan fingerprint density at radius 1 is 0.906 bits per heavy atom. The molecule has 166 valence electrons. The highest BCUT2D eigenvalue weighted by molar-refractivity contribution is 5.86. The van der Waals surface area contributed by atoms with Crippen molar-refractivity contribution in [2.24, 2.45) is 0 Å². The Morgan fingerprint density at radius 3 is 2.25 bits per heavy atom. The van der Waals surface area contributed by atoms with Gasteiger partial charge in [-0.2, -0.15) is 0 Å². The average molecular weight is 431 g/mol. The smallest absolute Gasteiger partial charge is 0.333 e. The Kier molecular flexibility index (Phi) is 7.85. The van der Waals surface area contributed by atoms with Crippen LogP contribution in [-0.2, 0) is 16.0 Å². The van der Waals surface area contributed by atoms with Crippen molar-refractivity contribution in [3.05, 3.63) is 89.5 Å². The molecule has 0 heterocycles. The molecule has 4 nitrogen and oxygen atoms in total. The maximum atomic E-state index is 11.5. The zero-order valence-corrected chi connectivity index (χ0v) is 19.0. The van der Waals surface area contributed by atoms with E-state index in [1.54, 1.807) is 6.92 Å². The average Bonchev–Trinajstić information content (AvgIpc) is 2.78. The predicted octanol–water partition coefficient (Wildman–Crippen LogP) is 5.67. The summed E-state index contributed by atoms with van der Waals surface area (Å²) in [5.74, 6) is 0.253. The van der Waals surface area contributed by atoms with E-state index in [9.17, 15) is 9.90 Å². The van der Waals surface area contributed by atoms with E-state index >= 15 is 0 Å². The number of rotatable bonds is 9. The standard InChI is InChI=1S/C28H30O4/c1-19(2)28(30)32-16-15-31-27-18-25(11-10-24(27)13-14-29)22-6-8-23(9-7-22)26-12-5-20(3)17-21(26)4/h5-12,17-18,29H,1,13-16H2,2-4H3. The van der Waals surface area contributed by atoms with E-state index < -0.39 is 5.97 Å². The van der Waals surface area contributed by atoms with Crippen molar-refractivity contribution < 1.29 is 19.4 Å². The van der Waals surface area contributed by atoms with Crippen LogP contribution < -0.4 is 4.74 Å². The monoisotopic (exact) mass is 430 g/mol. The predicted molar refractivity (Wildman–Crippen MR) is 129 cm³/mol. The minimum atomic E-state index is -0.429. The van der Waals surface area contributed by atoms with Gasteiger partial charge in [-0.05, 0) is 66.6 Å². The van der Waals surface area contributed by atoms with Crippen LogP contribution in [0.1, 0.15) is 23.6 Å². The number of hydrogen-bond acceptors (Lipinski definition) is 4. The van der Waals surface area contributed by atoms with Gasteiger partial charge in [0.1, 0.15) is 19.0 Å². The van der Waals surface area contributed by atoms with Crippen molar-refractivity contribution in [1.82, 2.24) is 0 Å². The Balaban J connectivity index is 1.77. The minimum absolute atomic E-state index is 0.0327. The molecule has 0 fully saturated rings. The molecule has 3 aromatic rings. The number of carbonyl (C=O) groups is 1. The van der Waals surface area contributed by atoms with E-state index in [-0.39, 0.29) is 19.8 Å². The van der Waals surface area contributed by atoms with E-state index in [2.05, 4.69) is 62.9 Å². The molecule has 0 aromatic heterocycles. The molecule has 0 saturated heterocycles. The van der Waals surface area contributed by atoms with Crippen LogP contribution in [-0.4, -0.2) is 30.9 Å². The van der Waals surface area contributed by atoms with Crippen molar-refractivity contribution >= 4 is 5.97 Å². The SMILES string of the molecule is C=C(C)C(=O)OCCOc1cc(-c2ccc(-c3ccc(C)cc3C)cc2)ccc1CCO. The van der Waals surface area contributed by atoms with Crippen LogP contribution >= 0.6 is 0 Å². The van der Waals surface area contributed by atoms with Crippen molar-refractivity contribution in [3.8, 4) is 28.0 Å². The van der Waals surface area contributed by atoms with Gasteiger partial charge in [-0.15, -0.1) is 0 Å². The van der Waals surface area contributed by atoms with Crippen LogP contribution in [0.4, 0.5) is 0 Å². The highest BCUT2D eigenvalue weighted by Crippen LogP contribution is 2.31. The largest absolute Gasteiger partial charge is 0.490 e. The molecule has 0 spiro atoms. The van der Waals surface area contributed by atoms with Crippen LogP contribution in [0.2, 0.25) is 0 Å². The van der Waals surface area contributed by atoms with Gasteiger partial charge in [0.05, 0.1) is 0 Å². The Hall–Kier alpha value is -3.37. The normalized spacial score (nSPS) is 10.6. The van der Waals surface area contributed by atoms with Gasteiger partial charge in [-0.25, -0.2) is 4.79 Å². The van der Waals surface area contributed by atoms with E-state index in [0.717, 1.165) is 16.7 Å². The number of aliphatic hydroxyl groups excluding tert-OH is 1. The molecule has 1 N–H and O–H groups in total. The Morgan fingerprint density at radius 2 is 1.59 bits per heavy atom. The first kappa shape index (κ1) is 23.3. The molecule has 0 atom stereocenters. The molecule has 0 unspecified atom stereocenters. The summed E-state index contributed by atoms with van der Waals surface area (Å²) in [5, 5.41) is 9.38. The maximum Gasteiger partial charge on any atom is 0.333 e. The Labute approximate surface area is 190 Å². The molecule has 0 amide bonds. The zero-order chi connectivity index (χ0) is 23.1. The zero-order valence-electron chi connectivity index (χ0n) is 19.0. The number of benzene rings is 3. The first-order valence-electron chi connectivity index (χ1n) is 10.8. The van der Waals surface area contributed by atoms with Crippen LogP contribution in [0.5, 0.6) is 5.75 Å². The lowest BCUT2D eigenvalue weighted by Crippen LogP contribution is -2.13. The fourth-order valence-corrected chi connectivity index (χ4v) is 3.58. The molecule has 0 bridgehead atoms. The number of carbonyl (C=O) groups excluding carboxylic acids is 1. The number of aliphatic hydroxyl groups is 1. The van der Waals surface area contributed by atoms with Crippen LogP contribution in [0.3, 0.4) is 0 Å². The number of ether oxygens (including phenoxy) is 2. The highest BCUT2D eigenvalue weighted by atomic mass is 16.6. The van der Waals surface area contributed by atoms with E-state index in [1.165, 1.54) is 22.3 Å². The van der Waals surface area contributed by atoms with Gasteiger partial charge < -0.3 is 14.6 Å². The molecule has 0 radical (unpaired) electrons. The lowest BCUT2D eigenvalue weighted by molar-refractivity contribution is -0.139. The second-order valence-corrected chi connectivity index (χ2v) is 7.96. The van der Waals surface area contributed by atoms with Gasteiger partial charge in [-0.1, -0.05) is 66.7 Å². The summed E-state index contributed by atoms with van der Waals surface area (Å²) in [5.41, 5.74) is 8.29. The van der Waals surface area contributed by atoms with Gasteiger partial charge in [-0.3, -0.25) is 0 Å². The van der Waals surface area contributed by atoms with Gasteiger partial charge in [0.2, 0.25) is 0 Å². The molecular weight excluding hydrogens is 400 g/mol. The quantitative estimate of drug-likeness (QED) is 0.270. The van der Waals surface area contributed by atoms with Crippen molar-refractivity contribution in [2.75, 3.05) is 19.8 Å². The minimum Gasteiger partial charge on any atom is -0.490 e. The summed E-state index contributed by atoms with van der Waals surface area (Å²) < 4.78 is 11.0. The topological polar surface area (TPSA) is 55.8 Å². The first-order chi connectivity index (χ1) is 15.4. The molecular formula is C28H30O4. The number of aryl methyl sites for hydroxylation is 2. The fraction of sp³-hybridized carbons (Fsp3) is 0.250. The van der Waals surface area contributed by atoms with Gasteiger partial charge in [0, 0.05) is 12.2 Å². The van der Waals surface area contributed by atoms with E-state index in [1.807, 2.05) is 18.2 Å². The third-order valence-electron chi connectivity index (χ3n) is 5.28. The fourth-order valence-electron chi connectivity index (χ4n) is 3.58. The van der Waals surface area contributed by atoms with Crippen LogP contribution in [0, 0.1) is 13.8 Å². The molecule has 0 aliphatic rings. The molecule has 0 aliphatic carbocycles. The van der Waals surface area contributed by atoms with E-state index in [0.29, 0.717) is 17.7 Å². The van der Waals surface area contributed by atoms with Gasteiger partial charge in [0.25, 0.3) is 0 Å². The van der Waals surface area contributed by atoms with Crippen molar-refractivity contribution in [3.63, 3.8) is 0 Å². The van der Waals surface area contributed by atoms with Crippen LogP contribution in [0.15, 0.2) is 72.8 Å². The summed E-state index contributed by atoms with van der Waals surface area (Å²) in [4.78, 5) is 11.5. The van der Waals surface area contributed by atoms with Crippen molar-refractivity contribution in [1.29, 1.82) is 0 Å². The molecule has 0 saturated carbocycles. The Bertz CT molecular complexity index is 1100. The maximum absolute atomic E-state index is 11.5. The molecule has 32 heavy (non-hydrogen) atoms. The number of hydrogen-bond donors (Lipinski definition) is 1. The molecule has 3 rings (SSSR count). The first-order valence-corrected chi connectivity index (χ1v) is 10.8.